The van der Waals surface area contributed by atoms with Crippen molar-refractivity contribution >= 4 is 11.6 Å². The lowest BCUT2D eigenvalue weighted by Gasteiger charge is -2.53. The van der Waals surface area contributed by atoms with E-state index in [0.29, 0.717) is 0 Å². The van der Waals surface area contributed by atoms with Crippen molar-refractivity contribution in [2.24, 2.45) is 0 Å². The van der Waals surface area contributed by atoms with E-state index < -0.39 is 0 Å². The molecule has 0 bridgehead atoms. The Bertz CT molecular complexity index is 837. The van der Waals surface area contributed by atoms with Gasteiger partial charge in [-0.2, -0.15) is 0 Å². The number of anilines is 1. The van der Waals surface area contributed by atoms with Crippen molar-refractivity contribution in [1.82, 2.24) is 10.2 Å². The van der Waals surface area contributed by atoms with Crippen LogP contribution in [0.5, 0.6) is 0 Å². The highest BCUT2D eigenvalue weighted by molar-refractivity contribution is 6.02. The molecule has 148 valence electrons. The SMILES string of the molecule is CCC1(C)CCCCN1C(C)N1c2ccccc2C(=O)NC1c1ccccc1. The Morgan fingerprint density at radius 2 is 1.82 bits per heavy atom. The standard InChI is InChI=1S/C24H31N3O/c1-4-24(3)16-10-11-17-26(24)18(2)27-21-15-9-8-14-20(21)23(28)25-22(27)19-12-6-5-7-13-19/h5-9,12-15,18,22H,4,10-11,16-17H2,1-3H3,(H,25,28). The first-order valence-corrected chi connectivity index (χ1v) is 10.5. The molecule has 4 rings (SSSR count). The molecule has 0 radical (unpaired) electrons. The molecule has 2 aliphatic rings. The average Bonchev–Trinajstić information content (AvgIpc) is 2.74. The Morgan fingerprint density at radius 3 is 2.57 bits per heavy atom. The number of rotatable bonds is 4. The highest BCUT2D eigenvalue weighted by Crippen LogP contribution is 2.40. The van der Waals surface area contributed by atoms with Crippen molar-refractivity contribution in [3.05, 3.63) is 65.7 Å². The van der Waals surface area contributed by atoms with E-state index in [1.807, 2.05) is 36.4 Å². The minimum atomic E-state index is -0.165. The third-order valence-electron chi connectivity index (χ3n) is 6.76. The average molecular weight is 378 g/mol. The lowest BCUT2D eigenvalue weighted by Crippen LogP contribution is -2.62. The molecule has 0 spiro atoms. The quantitative estimate of drug-likeness (QED) is 0.820. The molecule has 2 aromatic rings. The summed E-state index contributed by atoms with van der Waals surface area (Å²) in [5, 5.41) is 3.26. The Kier molecular flexibility index (Phi) is 5.15. The lowest BCUT2D eigenvalue weighted by atomic mass is 9.85. The highest BCUT2D eigenvalue weighted by atomic mass is 16.2. The van der Waals surface area contributed by atoms with Crippen LogP contribution in [0.15, 0.2) is 54.6 Å². The minimum absolute atomic E-state index is 0.00444. The van der Waals surface area contributed by atoms with Gasteiger partial charge in [0, 0.05) is 12.1 Å². The summed E-state index contributed by atoms with van der Waals surface area (Å²) in [7, 11) is 0. The van der Waals surface area contributed by atoms with Gasteiger partial charge < -0.3 is 10.2 Å². The lowest BCUT2D eigenvalue weighted by molar-refractivity contribution is 0.0173. The molecule has 2 aliphatic heterocycles. The molecular formula is C24H31N3O. The van der Waals surface area contributed by atoms with Gasteiger partial charge in [-0.3, -0.25) is 9.69 Å². The third-order valence-corrected chi connectivity index (χ3v) is 6.76. The van der Waals surface area contributed by atoms with E-state index in [1.54, 1.807) is 0 Å². The second kappa shape index (κ2) is 7.59. The summed E-state index contributed by atoms with van der Waals surface area (Å²) in [6.07, 6.45) is 4.90. The van der Waals surface area contributed by atoms with Gasteiger partial charge in [0.1, 0.15) is 6.17 Å². The zero-order valence-corrected chi connectivity index (χ0v) is 17.2. The van der Waals surface area contributed by atoms with E-state index in [2.05, 4.69) is 54.1 Å². The summed E-state index contributed by atoms with van der Waals surface area (Å²) in [6, 6.07) is 18.3. The van der Waals surface area contributed by atoms with Crippen LogP contribution in [-0.4, -0.2) is 29.1 Å². The first-order chi connectivity index (χ1) is 13.5. The molecule has 0 saturated carbocycles. The van der Waals surface area contributed by atoms with Gasteiger partial charge in [0.25, 0.3) is 5.91 Å². The predicted molar refractivity (Wildman–Crippen MR) is 114 cm³/mol. The summed E-state index contributed by atoms with van der Waals surface area (Å²) in [5.74, 6) is 0.00444. The van der Waals surface area contributed by atoms with Crippen LogP contribution in [0.25, 0.3) is 0 Å². The number of hydrogen-bond acceptors (Lipinski definition) is 3. The number of nitrogens with zero attached hydrogens (tertiary/aromatic N) is 2. The van der Waals surface area contributed by atoms with Gasteiger partial charge >= 0.3 is 0 Å². The molecule has 1 saturated heterocycles. The van der Waals surface area contributed by atoms with Crippen LogP contribution in [-0.2, 0) is 0 Å². The van der Waals surface area contributed by atoms with Gasteiger partial charge in [-0.1, -0.05) is 55.8 Å². The van der Waals surface area contributed by atoms with Crippen molar-refractivity contribution < 1.29 is 4.79 Å². The summed E-state index contributed by atoms with van der Waals surface area (Å²) in [4.78, 5) is 17.9. The zero-order valence-electron chi connectivity index (χ0n) is 17.2. The number of benzene rings is 2. The molecule has 28 heavy (non-hydrogen) atoms. The molecule has 0 aliphatic carbocycles. The van der Waals surface area contributed by atoms with Gasteiger partial charge in [0.2, 0.25) is 0 Å². The Morgan fingerprint density at radius 1 is 1.11 bits per heavy atom. The third kappa shape index (κ3) is 3.20. The fourth-order valence-electron chi connectivity index (χ4n) is 4.97. The molecule has 0 aromatic heterocycles. The molecule has 4 heteroatoms. The first kappa shape index (κ1) is 19.0. The fraction of sp³-hybridized carbons (Fsp3) is 0.458. The fourth-order valence-corrected chi connectivity index (χ4v) is 4.97. The summed E-state index contributed by atoms with van der Waals surface area (Å²) < 4.78 is 0. The van der Waals surface area contributed by atoms with E-state index in [9.17, 15) is 4.79 Å². The number of amides is 1. The molecule has 2 aromatic carbocycles. The maximum Gasteiger partial charge on any atom is 0.255 e. The van der Waals surface area contributed by atoms with Crippen molar-refractivity contribution in [1.29, 1.82) is 0 Å². The van der Waals surface area contributed by atoms with E-state index in [-0.39, 0.29) is 23.8 Å². The van der Waals surface area contributed by atoms with Crippen LogP contribution in [0.1, 0.15) is 68.5 Å². The van der Waals surface area contributed by atoms with E-state index >= 15 is 0 Å². The Balaban J connectivity index is 1.79. The number of carbonyl (C=O) groups excluding carboxylic acids is 1. The van der Waals surface area contributed by atoms with E-state index in [1.165, 1.54) is 19.3 Å². The number of hydrogen-bond donors (Lipinski definition) is 1. The minimum Gasteiger partial charge on any atom is -0.331 e. The smallest absolute Gasteiger partial charge is 0.255 e. The molecule has 4 nitrogen and oxygen atoms in total. The van der Waals surface area contributed by atoms with Crippen LogP contribution in [0.3, 0.4) is 0 Å². The van der Waals surface area contributed by atoms with Crippen LogP contribution >= 0.6 is 0 Å². The van der Waals surface area contributed by atoms with Crippen LogP contribution in [0, 0.1) is 0 Å². The van der Waals surface area contributed by atoms with Gasteiger partial charge in [-0.05, 0) is 50.8 Å². The molecule has 2 heterocycles. The molecular weight excluding hydrogens is 346 g/mol. The normalized spacial score (nSPS) is 26.5. The van der Waals surface area contributed by atoms with Gasteiger partial charge in [0.05, 0.1) is 17.4 Å². The maximum absolute atomic E-state index is 12.8. The number of fused-ring (bicyclic) bond motifs is 1. The van der Waals surface area contributed by atoms with Crippen molar-refractivity contribution in [2.45, 2.75) is 64.3 Å². The first-order valence-electron chi connectivity index (χ1n) is 10.5. The summed E-state index contributed by atoms with van der Waals surface area (Å²) >= 11 is 0. The Hall–Kier alpha value is -2.33. The molecule has 1 N–H and O–H groups in total. The second-order valence-corrected chi connectivity index (χ2v) is 8.34. The monoisotopic (exact) mass is 377 g/mol. The second-order valence-electron chi connectivity index (χ2n) is 8.34. The molecule has 3 atom stereocenters. The van der Waals surface area contributed by atoms with Gasteiger partial charge in [-0.25, -0.2) is 0 Å². The van der Waals surface area contributed by atoms with Gasteiger partial charge in [0.15, 0.2) is 0 Å². The number of nitrogens with one attached hydrogen (secondary N) is 1. The van der Waals surface area contributed by atoms with Crippen molar-refractivity contribution in [3.63, 3.8) is 0 Å². The highest BCUT2D eigenvalue weighted by Gasteiger charge is 2.42. The van der Waals surface area contributed by atoms with Crippen molar-refractivity contribution in [3.8, 4) is 0 Å². The summed E-state index contributed by atoms with van der Waals surface area (Å²) in [6.45, 7) is 8.09. The predicted octanol–water partition coefficient (Wildman–Crippen LogP) is 4.94. The van der Waals surface area contributed by atoms with Crippen LogP contribution < -0.4 is 10.2 Å². The van der Waals surface area contributed by atoms with Crippen molar-refractivity contribution in [2.75, 3.05) is 11.4 Å². The number of carbonyl (C=O) groups is 1. The Labute approximate surface area is 168 Å². The van der Waals surface area contributed by atoms with Gasteiger partial charge in [-0.15, -0.1) is 0 Å². The maximum atomic E-state index is 12.8. The zero-order chi connectivity index (χ0) is 19.7. The largest absolute Gasteiger partial charge is 0.331 e. The number of likely N-dealkylation sites (tertiary alicyclic amines) is 1. The molecule has 1 amide bonds. The molecule has 3 unspecified atom stereocenters. The molecule has 1 fully saturated rings. The van der Waals surface area contributed by atoms with E-state index in [4.69, 9.17) is 0 Å². The van der Waals surface area contributed by atoms with Crippen LogP contribution in [0.4, 0.5) is 5.69 Å². The van der Waals surface area contributed by atoms with E-state index in [0.717, 1.165) is 29.8 Å². The topological polar surface area (TPSA) is 35.6 Å². The van der Waals surface area contributed by atoms with Crippen LogP contribution in [0.2, 0.25) is 0 Å². The number of piperidine rings is 1. The number of para-hydroxylation sites is 1. The summed E-state index contributed by atoms with van der Waals surface area (Å²) in [5.41, 5.74) is 3.09.